The van der Waals surface area contributed by atoms with Crippen molar-refractivity contribution >= 4 is 33.5 Å². The molecule has 0 saturated heterocycles. The van der Waals surface area contributed by atoms with Crippen molar-refractivity contribution in [2.24, 2.45) is 0 Å². The molecule has 0 saturated carbocycles. The molecule has 0 aliphatic heterocycles. The van der Waals surface area contributed by atoms with Gasteiger partial charge in [-0.05, 0) is 40.5 Å². The second kappa shape index (κ2) is 5.88. The molecule has 0 fully saturated rings. The summed E-state index contributed by atoms with van der Waals surface area (Å²) < 4.78 is 5.42. The van der Waals surface area contributed by atoms with Crippen LogP contribution in [0.2, 0.25) is 5.02 Å². The van der Waals surface area contributed by atoms with E-state index in [0.29, 0.717) is 27.2 Å². The minimum absolute atomic E-state index is 0.101. The highest BCUT2D eigenvalue weighted by molar-refractivity contribution is 9.10. The molecule has 16 heavy (non-hydrogen) atoms. The van der Waals surface area contributed by atoms with Gasteiger partial charge in [0.1, 0.15) is 6.07 Å². The van der Waals surface area contributed by atoms with Gasteiger partial charge in [-0.1, -0.05) is 11.6 Å². The predicted molar refractivity (Wildman–Crippen MR) is 64.2 cm³/mol. The van der Waals surface area contributed by atoms with Crippen molar-refractivity contribution in [3.05, 3.63) is 32.8 Å². The van der Waals surface area contributed by atoms with Crippen molar-refractivity contribution in [2.75, 3.05) is 6.61 Å². The van der Waals surface area contributed by atoms with E-state index in [1.165, 1.54) is 0 Å². The highest BCUT2D eigenvalue weighted by Gasteiger charge is 2.12. The van der Waals surface area contributed by atoms with Crippen LogP contribution >= 0.6 is 27.5 Å². The number of benzene rings is 1. The molecule has 0 bridgehead atoms. The third-order valence-corrected chi connectivity index (χ3v) is 3.03. The summed E-state index contributed by atoms with van der Waals surface area (Å²) >= 11 is 9.10. The third kappa shape index (κ3) is 3.22. The first kappa shape index (κ1) is 13.0. The average molecular weight is 303 g/mol. The van der Waals surface area contributed by atoms with Crippen LogP contribution in [-0.4, -0.2) is 12.6 Å². The number of hydrogen-bond donors (Lipinski definition) is 0. The minimum Gasteiger partial charge on any atom is -0.466 e. The molecular formula is C11H9BrClNO2. The van der Waals surface area contributed by atoms with E-state index in [0.717, 1.165) is 0 Å². The summed E-state index contributed by atoms with van der Waals surface area (Å²) in [5.74, 6) is -0.339. The molecule has 0 radical (unpaired) electrons. The summed E-state index contributed by atoms with van der Waals surface area (Å²) in [4.78, 5) is 11.3. The van der Waals surface area contributed by atoms with Gasteiger partial charge in [-0.3, -0.25) is 4.79 Å². The van der Waals surface area contributed by atoms with Crippen molar-refractivity contribution in [3.63, 3.8) is 0 Å². The monoisotopic (exact) mass is 301 g/mol. The van der Waals surface area contributed by atoms with Crippen LogP contribution in [0, 0.1) is 11.3 Å². The lowest BCUT2D eigenvalue weighted by Crippen LogP contribution is -2.08. The number of carbonyl (C=O) groups excluding carboxylic acids is 1. The van der Waals surface area contributed by atoms with Crippen LogP contribution in [0.15, 0.2) is 16.6 Å². The Morgan fingerprint density at radius 1 is 1.62 bits per heavy atom. The van der Waals surface area contributed by atoms with Gasteiger partial charge in [0, 0.05) is 9.50 Å². The van der Waals surface area contributed by atoms with Gasteiger partial charge in [0.2, 0.25) is 0 Å². The van der Waals surface area contributed by atoms with Crippen LogP contribution in [0.25, 0.3) is 0 Å². The summed E-state index contributed by atoms with van der Waals surface area (Å²) in [5, 5.41) is 9.28. The fourth-order valence-electron chi connectivity index (χ4n) is 1.22. The molecule has 0 N–H and O–H groups in total. The Labute approximate surface area is 107 Å². The summed E-state index contributed by atoms with van der Waals surface area (Å²) in [6.07, 6.45) is 0.101. The minimum atomic E-state index is -0.339. The number of nitriles is 1. The number of ether oxygens (including phenoxy) is 1. The molecule has 0 heterocycles. The van der Waals surface area contributed by atoms with Gasteiger partial charge in [-0.25, -0.2) is 0 Å². The molecule has 3 nitrogen and oxygen atoms in total. The van der Waals surface area contributed by atoms with E-state index in [1.807, 2.05) is 6.07 Å². The predicted octanol–water partition coefficient (Wildman–Crippen LogP) is 3.08. The molecule has 84 valence electrons. The van der Waals surface area contributed by atoms with Gasteiger partial charge >= 0.3 is 5.97 Å². The standard InChI is InChI=1S/C11H9BrClNO2/c1-2-16-10(15)5-7-3-9(13)4-8(6-14)11(7)12/h3-4H,2,5H2,1H3. The van der Waals surface area contributed by atoms with Gasteiger partial charge in [0.25, 0.3) is 0 Å². The van der Waals surface area contributed by atoms with Crippen LogP contribution in [0.3, 0.4) is 0 Å². The van der Waals surface area contributed by atoms with E-state index in [4.69, 9.17) is 21.6 Å². The number of carbonyl (C=O) groups is 1. The lowest BCUT2D eigenvalue weighted by atomic mass is 10.1. The van der Waals surface area contributed by atoms with Crippen molar-refractivity contribution in [3.8, 4) is 6.07 Å². The zero-order valence-corrected chi connectivity index (χ0v) is 10.9. The zero-order valence-electron chi connectivity index (χ0n) is 8.59. The van der Waals surface area contributed by atoms with Gasteiger partial charge in [0.15, 0.2) is 0 Å². The van der Waals surface area contributed by atoms with Crippen LogP contribution in [0.1, 0.15) is 18.1 Å². The highest BCUT2D eigenvalue weighted by atomic mass is 79.9. The maximum atomic E-state index is 11.3. The van der Waals surface area contributed by atoms with Crippen LogP contribution in [0.4, 0.5) is 0 Å². The fourth-order valence-corrected chi connectivity index (χ4v) is 1.92. The molecule has 0 aliphatic rings. The summed E-state index contributed by atoms with van der Waals surface area (Å²) in [6.45, 7) is 2.08. The van der Waals surface area contributed by atoms with Gasteiger partial charge in [-0.15, -0.1) is 0 Å². The van der Waals surface area contributed by atoms with Crippen LogP contribution < -0.4 is 0 Å². The smallest absolute Gasteiger partial charge is 0.310 e. The molecule has 0 atom stereocenters. The highest BCUT2D eigenvalue weighted by Crippen LogP contribution is 2.26. The Balaban J connectivity index is 3.01. The Morgan fingerprint density at radius 2 is 2.31 bits per heavy atom. The normalized spacial score (nSPS) is 9.62. The Morgan fingerprint density at radius 3 is 2.88 bits per heavy atom. The van der Waals surface area contributed by atoms with Crippen LogP contribution in [-0.2, 0) is 16.0 Å². The maximum absolute atomic E-state index is 11.3. The number of hydrogen-bond acceptors (Lipinski definition) is 3. The number of halogens is 2. The Hall–Kier alpha value is -1.05. The second-order valence-electron chi connectivity index (χ2n) is 3.02. The Bertz CT molecular complexity index is 454. The van der Waals surface area contributed by atoms with Crippen molar-refractivity contribution < 1.29 is 9.53 Å². The average Bonchev–Trinajstić information content (AvgIpc) is 2.23. The SMILES string of the molecule is CCOC(=O)Cc1cc(Cl)cc(C#N)c1Br. The topological polar surface area (TPSA) is 50.1 Å². The Kier molecular flexibility index (Phi) is 4.78. The first-order valence-electron chi connectivity index (χ1n) is 4.62. The summed E-state index contributed by atoms with van der Waals surface area (Å²) in [5.41, 5.74) is 1.06. The van der Waals surface area contributed by atoms with Gasteiger partial charge < -0.3 is 4.74 Å². The zero-order chi connectivity index (χ0) is 12.1. The van der Waals surface area contributed by atoms with E-state index in [2.05, 4.69) is 15.9 Å². The quantitative estimate of drug-likeness (QED) is 0.806. The summed E-state index contributed by atoms with van der Waals surface area (Å²) in [7, 11) is 0. The molecule has 1 aromatic carbocycles. The van der Waals surface area contributed by atoms with E-state index < -0.39 is 0 Å². The molecule has 1 rings (SSSR count). The van der Waals surface area contributed by atoms with E-state index in [-0.39, 0.29) is 12.4 Å². The molecule has 0 aliphatic carbocycles. The summed E-state index contributed by atoms with van der Waals surface area (Å²) in [6, 6.07) is 5.18. The molecule has 5 heteroatoms. The van der Waals surface area contributed by atoms with Gasteiger partial charge in [0.05, 0.1) is 18.6 Å². The van der Waals surface area contributed by atoms with E-state index >= 15 is 0 Å². The van der Waals surface area contributed by atoms with Crippen molar-refractivity contribution in [1.82, 2.24) is 0 Å². The van der Waals surface area contributed by atoms with Crippen molar-refractivity contribution in [1.29, 1.82) is 5.26 Å². The van der Waals surface area contributed by atoms with E-state index in [1.54, 1.807) is 19.1 Å². The second-order valence-corrected chi connectivity index (χ2v) is 4.25. The van der Waals surface area contributed by atoms with Crippen LogP contribution in [0.5, 0.6) is 0 Å². The molecule has 0 unspecified atom stereocenters. The van der Waals surface area contributed by atoms with Crippen molar-refractivity contribution in [2.45, 2.75) is 13.3 Å². The first-order valence-corrected chi connectivity index (χ1v) is 5.79. The fraction of sp³-hybridized carbons (Fsp3) is 0.273. The largest absolute Gasteiger partial charge is 0.466 e. The molecule has 0 aromatic heterocycles. The first-order chi connectivity index (χ1) is 7.58. The molecule has 0 amide bonds. The third-order valence-electron chi connectivity index (χ3n) is 1.87. The lowest BCUT2D eigenvalue weighted by molar-refractivity contribution is -0.142. The molecular weight excluding hydrogens is 293 g/mol. The van der Waals surface area contributed by atoms with E-state index in [9.17, 15) is 4.79 Å². The number of nitrogens with zero attached hydrogens (tertiary/aromatic N) is 1. The number of esters is 1. The van der Waals surface area contributed by atoms with Gasteiger partial charge in [-0.2, -0.15) is 5.26 Å². The number of rotatable bonds is 3. The molecule has 0 spiro atoms. The maximum Gasteiger partial charge on any atom is 0.310 e. The molecule has 1 aromatic rings. The lowest BCUT2D eigenvalue weighted by Gasteiger charge is -2.06.